The van der Waals surface area contributed by atoms with Gasteiger partial charge in [-0.3, -0.25) is 0 Å². The van der Waals surface area contributed by atoms with Crippen molar-refractivity contribution in [3.8, 4) is 17.1 Å². The van der Waals surface area contributed by atoms with Gasteiger partial charge in [-0.05, 0) is 30.3 Å². The Labute approximate surface area is 155 Å². The molecule has 0 saturated heterocycles. The molecule has 0 radical (unpaired) electrons. The summed E-state index contributed by atoms with van der Waals surface area (Å²) in [6.45, 7) is -1.56. The Hall–Kier alpha value is -3.33. The van der Waals surface area contributed by atoms with Gasteiger partial charge >= 0.3 is 0 Å². The lowest BCUT2D eigenvalue weighted by molar-refractivity contribution is -0.645. The minimum atomic E-state index is -2.29. The van der Waals surface area contributed by atoms with E-state index in [4.69, 9.17) is 4.11 Å². The molecule has 124 valence electrons. The van der Waals surface area contributed by atoms with E-state index in [9.17, 15) is 0 Å². The number of hydrogen-bond donors (Lipinski definition) is 0. The van der Waals surface area contributed by atoms with Crippen LogP contribution >= 0.6 is 0 Å². The average molecular weight is 339 g/mol. The molecule has 0 spiro atoms. The molecular weight excluding hydrogens is 318 g/mol. The molecule has 3 heterocycles. The van der Waals surface area contributed by atoms with Gasteiger partial charge in [-0.15, -0.1) is 0 Å². The Morgan fingerprint density at radius 2 is 1.65 bits per heavy atom. The van der Waals surface area contributed by atoms with E-state index in [0.717, 1.165) is 40.0 Å². The van der Waals surface area contributed by atoms with Crippen molar-refractivity contribution >= 4 is 22.1 Å². The number of fused-ring (bicyclic) bond motifs is 7. The zero-order chi connectivity index (χ0) is 19.8. The fourth-order valence-corrected chi connectivity index (χ4v) is 4.30. The third kappa shape index (κ3) is 1.60. The first kappa shape index (κ1) is 11.3. The zero-order valence-corrected chi connectivity index (χ0v) is 14.1. The summed E-state index contributed by atoms with van der Waals surface area (Å²) >= 11 is 0. The summed E-state index contributed by atoms with van der Waals surface area (Å²) in [4.78, 5) is 0. The van der Waals surface area contributed by atoms with Gasteiger partial charge in [-0.25, -0.2) is 4.57 Å². The van der Waals surface area contributed by atoms with Gasteiger partial charge < -0.3 is 4.57 Å². The topological polar surface area (TPSA) is 13.7 Å². The second kappa shape index (κ2) is 4.85. The van der Waals surface area contributed by atoms with Gasteiger partial charge in [0.2, 0.25) is 5.52 Å². The van der Waals surface area contributed by atoms with E-state index in [0.29, 0.717) is 5.65 Å². The molecule has 5 aromatic rings. The van der Waals surface area contributed by atoms with Crippen LogP contribution in [0.5, 0.6) is 0 Å². The first-order valence-corrected chi connectivity index (χ1v) is 8.77. The second-order valence-corrected chi connectivity index (χ2v) is 6.76. The van der Waals surface area contributed by atoms with Gasteiger partial charge in [-0.2, -0.15) is 4.57 Å². The van der Waals surface area contributed by atoms with Gasteiger partial charge in [0.05, 0.1) is 16.5 Å². The number of rotatable bonds is 1. The summed E-state index contributed by atoms with van der Waals surface area (Å²) in [7, 11) is 0. The number of aromatic nitrogens is 3. The quantitative estimate of drug-likeness (QED) is 0.393. The monoisotopic (exact) mass is 339 g/mol. The highest BCUT2D eigenvalue weighted by atomic mass is 15.2. The Morgan fingerprint density at radius 3 is 2.54 bits per heavy atom. The summed E-state index contributed by atoms with van der Waals surface area (Å²) in [5, 5.41) is 0.961. The van der Waals surface area contributed by atoms with Crippen LogP contribution in [0.2, 0.25) is 0 Å². The van der Waals surface area contributed by atoms with E-state index in [2.05, 4.69) is 27.3 Å². The molecule has 3 aromatic carbocycles. The number of para-hydroxylation sites is 2. The normalized spacial score (nSPS) is 14.8. The molecule has 0 fully saturated rings. The molecule has 3 heteroatoms. The maximum atomic E-state index is 8.29. The van der Waals surface area contributed by atoms with Crippen molar-refractivity contribution in [1.82, 2.24) is 9.13 Å². The Kier molecular flexibility index (Phi) is 2.11. The van der Waals surface area contributed by atoms with Crippen molar-refractivity contribution in [2.45, 2.75) is 6.54 Å². The summed E-state index contributed by atoms with van der Waals surface area (Å²) in [6.07, 6.45) is 0. The molecule has 0 amide bonds. The molecule has 0 saturated carbocycles. The highest BCUT2D eigenvalue weighted by molar-refractivity contribution is 6.04. The van der Waals surface area contributed by atoms with Crippen LogP contribution in [0.15, 0.2) is 78.9 Å². The SMILES string of the molecule is [2H]C([2H])([2H])n1c2ccccc2c2c1n(-c1ccccc1)c1[n+]2Cc2ccccc2-1. The van der Waals surface area contributed by atoms with Crippen LogP contribution in [-0.4, -0.2) is 9.13 Å². The molecule has 0 bridgehead atoms. The highest BCUT2D eigenvalue weighted by Crippen LogP contribution is 2.37. The molecule has 0 N–H and O–H groups in total. The molecule has 0 aliphatic carbocycles. The van der Waals surface area contributed by atoms with Crippen LogP contribution in [-0.2, 0) is 13.5 Å². The lowest BCUT2D eigenvalue weighted by atomic mass is 10.1. The van der Waals surface area contributed by atoms with Crippen molar-refractivity contribution in [3.63, 3.8) is 0 Å². The first-order valence-electron chi connectivity index (χ1n) is 10.3. The van der Waals surface area contributed by atoms with Crippen LogP contribution in [0.25, 0.3) is 39.1 Å². The number of nitrogens with zero attached hydrogens (tertiary/aromatic N) is 3. The van der Waals surface area contributed by atoms with Crippen LogP contribution in [0, 0.1) is 0 Å². The summed E-state index contributed by atoms with van der Waals surface area (Å²) < 4.78 is 30.7. The molecular formula is C23H18N3+. The molecule has 3 nitrogen and oxygen atoms in total. The lowest BCUT2D eigenvalue weighted by Crippen LogP contribution is -2.31. The van der Waals surface area contributed by atoms with E-state index in [-0.39, 0.29) is 0 Å². The van der Waals surface area contributed by atoms with E-state index in [1.807, 2.05) is 60.7 Å². The Balaban J connectivity index is 1.89. The Bertz CT molecular complexity index is 1410. The van der Waals surface area contributed by atoms with Gasteiger partial charge in [0.1, 0.15) is 12.2 Å². The maximum Gasteiger partial charge on any atom is 0.297 e. The van der Waals surface area contributed by atoms with E-state index in [1.165, 1.54) is 10.1 Å². The molecule has 26 heavy (non-hydrogen) atoms. The molecule has 1 aliphatic rings. The van der Waals surface area contributed by atoms with Crippen molar-refractivity contribution in [2.75, 3.05) is 0 Å². The minimum Gasteiger partial charge on any atom is -0.307 e. The number of imidazole rings is 1. The van der Waals surface area contributed by atoms with Crippen LogP contribution in [0.4, 0.5) is 0 Å². The van der Waals surface area contributed by atoms with Crippen molar-refractivity contribution in [2.24, 2.45) is 6.98 Å². The van der Waals surface area contributed by atoms with Gasteiger partial charge in [0, 0.05) is 16.7 Å². The summed E-state index contributed by atoms with van der Waals surface area (Å²) in [5.41, 5.74) is 5.76. The second-order valence-electron chi connectivity index (χ2n) is 6.76. The van der Waals surface area contributed by atoms with E-state index >= 15 is 0 Å². The third-order valence-electron chi connectivity index (χ3n) is 5.37. The molecule has 6 rings (SSSR count). The fraction of sp³-hybridized carbons (Fsp3) is 0.0870. The molecule has 1 aliphatic heterocycles. The summed E-state index contributed by atoms with van der Waals surface area (Å²) in [6, 6.07) is 26.2. The van der Waals surface area contributed by atoms with Crippen molar-refractivity contribution < 1.29 is 8.68 Å². The van der Waals surface area contributed by atoms with Crippen molar-refractivity contribution in [1.29, 1.82) is 0 Å². The van der Waals surface area contributed by atoms with Gasteiger partial charge in [0.15, 0.2) is 0 Å². The fourth-order valence-electron chi connectivity index (χ4n) is 4.30. The molecule has 0 unspecified atom stereocenters. The number of aryl methyl sites for hydroxylation is 1. The predicted octanol–water partition coefficient (Wildman–Crippen LogP) is 4.44. The summed E-state index contributed by atoms with van der Waals surface area (Å²) in [5.74, 6) is 1.03. The van der Waals surface area contributed by atoms with Crippen LogP contribution in [0.1, 0.15) is 9.68 Å². The first-order chi connectivity index (χ1) is 14.1. The molecule has 2 aromatic heterocycles. The van der Waals surface area contributed by atoms with Gasteiger partial charge in [0.25, 0.3) is 11.5 Å². The zero-order valence-electron chi connectivity index (χ0n) is 17.1. The van der Waals surface area contributed by atoms with Crippen LogP contribution in [0.3, 0.4) is 0 Å². The number of hydrogen-bond acceptors (Lipinski definition) is 0. The predicted molar refractivity (Wildman–Crippen MR) is 104 cm³/mol. The van der Waals surface area contributed by atoms with E-state index in [1.54, 1.807) is 0 Å². The minimum absolute atomic E-state index is 0.710. The smallest absolute Gasteiger partial charge is 0.297 e. The lowest BCUT2D eigenvalue weighted by Gasteiger charge is -2.03. The van der Waals surface area contributed by atoms with Crippen LogP contribution < -0.4 is 4.57 Å². The molecule has 0 atom stereocenters. The number of benzene rings is 3. The largest absolute Gasteiger partial charge is 0.307 e. The third-order valence-corrected chi connectivity index (χ3v) is 5.37. The highest BCUT2D eigenvalue weighted by Gasteiger charge is 2.37. The average Bonchev–Trinajstić information content (AvgIpc) is 3.34. The standard InChI is InChI=1S/C23H18N3/c1-24-20-14-8-7-13-19(20)21-23(24)26(17-10-3-2-4-11-17)22-18-12-6-5-9-16(18)15-25(21)22/h2-14H,15H2,1H3/q+1/i1D3. The van der Waals surface area contributed by atoms with Crippen molar-refractivity contribution in [3.05, 3.63) is 84.4 Å². The maximum absolute atomic E-state index is 8.29. The van der Waals surface area contributed by atoms with Gasteiger partial charge in [-0.1, -0.05) is 48.5 Å². The van der Waals surface area contributed by atoms with E-state index < -0.39 is 6.98 Å². The Morgan fingerprint density at radius 1 is 0.885 bits per heavy atom.